The van der Waals surface area contributed by atoms with E-state index in [2.05, 4.69) is 4.98 Å². The van der Waals surface area contributed by atoms with E-state index in [9.17, 15) is 19.2 Å². The minimum atomic E-state index is -1.36. The summed E-state index contributed by atoms with van der Waals surface area (Å²) in [6.07, 6.45) is 0.367. The van der Waals surface area contributed by atoms with Gasteiger partial charge in [0, 0.05) is 24.3 Å². The SMILES string of the molecule is COc1cccc(-c2cccc(-c3nc(C(=O)O)cc4c3[C@@H](CCO)N([S@](=O)C(C)(C)C)C4)c2)c1. The van der Waals surface area contributed by atoms with Gasteiger partial charge in [-0.05, 0) is 68.1 Å². The number of carbonyl (C=O) groups is 1. The predicted octanol–water partition coefficient (Wildman–Crippen LogP) is 4.82. The lowest BCUT2D eigenvalue weighted by Gasteiger charge is -2.30. The number of aromatic nitrogens is 1. The molecule has 0 fully saturated rings. The van der Waals surface area contributed by atoms with Crippen LogP contribution in [0.4, 0.5) is 0 Å². The summed E-state index contributed by atoms with van der Waals surface area (Å²) in [6, 6.07) is 16.7. The molecule has 7 nitrogen and oxygen atoms in total. The third-order valence-electron chi connectivity index (χ3n) is 6.05. The van der Waals surface area contributed by atoms with E-state index < -0.39 is 21.7 Å². The summed E-state index contributed by atoms with van der Waals surface area (Å²) in [6.45, 7) is 5.95. The lowest BCUT2D eigenvalue weighted by atomic mass is 9.94. The van der Waals surface area contributed by atoms with Gasteiger partial charge < -0.3 is 14.9 Å². The van der Waals surface area contributed by atoms with Crippen molar-refractivity contribution in [3.8, 4) is 28.1 Å². The molecule has 2 N–H and O–H groups in total. The van der Waals surface area contributed by atoms with Crippen molar-refractivity contribution in [1.29, 1.82) is 0 Å². The normalized spacial score (nSPS) is 16.7. The lowest BCUT2D eigenvalue weighted by Crippen LogP contribution is -2.36. The van der Waals surface area contributed by atoms with Crippen LogP contribution in [0, 0.1) is 0 Å². The molecule has 1 aliphatic rings. The summed E-state index contributed by atoms with van der Waals surface area (Å²) in [5.41, 5.74) is 4.73. The summed E-state index contributed by atoms with van der Waals surface area (Å²) in [5, 5.41) is 19.6. The fourth-order valence-electron chi connectivity index (χ4n) is 4.45. The maximum atomic E-state index is 13.4. The molecule has 3 aromatic rings. The third-order valence-corrected chi connectivity index (χ3v) is 7.91. The van der Waals surface area contributed by atoms with Crippen LogP contribution in [-0.2, 0) is 17.5 Å². The van der Waals surface area contributed by atoms with Gasteiger partial charge in [0.1, 0.15) is 22.4 Å². The number of methoxy groups -OCH3 is 1. The van der Waals surface area contributed by atoms with Crippen LogP contribution in [0.3, 0.4) is 0 Å². The molecule has 0 saturated heterocycles. The Morgan fingerprint density at radius 2 is 1.77 bits per heavy atom. The summed E-state index contributed by atoms with van der Waals surface area (Å²) < 4.78 is 20.1. The second-order valence-corrected chi connectivity index (χ2v) is 11.7. The van der Waals surface area contributed by atoms with E-state index in [1.165, 1.54) is 0 Å². The van der Waals surface area contributed by atoms with Crippen LogP contribution in [0.25, 0.3) is 22.4 Å². The molecule has 0 amide bonds. The van der Waals surface area contributed by atoms with Crippen molar-refractivity contribution in [3.63, 3.8) is 0 Å². The molecule has 184 valence electrons. The molecular weight excluding hydrogens is 464 g/mol. The average molecular weight is 495 g/mol. The van der Waals surface area contributed by atoms with Gasteiger partial charge in [0.25, 0.3) is 0 Å². The van der Waals surface area contributed by atoms with Crippen molar-refractivity contribution in [2.24, 2.45) is 0 Å². The molecule has 1 aliphatic heterocycles. The van der Waals surface area contributed by atoms with Crippen LogP contribution in [0.1, 0.15) is 54.8 Å². The molecule has 2 aromatic carbocycles. The Balaban J connectivity index is 1.89. The summed E-state index contributed by atoms with van der Waals surface area (Å²) in [4.78, 5) is 16.5. The summed E-state index contributed by atoms with van der Waals surface area (Å²) in [5.74, 6) is -0.379. The molecule has 4 rings (SSSR count). The van der Waals surface area contributed by atoms with Gasteiger partial charge in [0.15, 0.2) is 0 Å². The first-order valence-electron chi connectivity index (χ1n) is 11.5. The number of hydrogen-bond acceptors (Lipinski definition) is 5. The first kappa shape index (κ1) is 25.0. The Bertz CT molecular complexity index is 1280. The van der Waals surface area contributed by atoms with Gasteiger partial charge in [-0.2, -0.15) is 0 Å². The van der Waals surface area contributed by atoms with Gasteiger partial charge in [-0.15, -0.1) is 0 Å². The molecule has 0 unspecified atom stereocenters. The van der Waals surface area contributed by atoms with Crippen LogP contribution in [0.5, 0.6) is 5.75 Å². The van der Waals surface area contributed by atoms with Crippen LogP contribution in [-0.4, -0.2) is 48.1 Å². The van der Waals surface area contributed by atoms with E-state index in [1.54, 1.807) is 13.2 Å². The Hall–Kier alpha value is -3.07. The van der Waals surface area contributed by atoms with Gasteiger partial charge in [-0.3, -0.25) is 0 Å². The zero-order valence-electron chi connectivity index (χ0n) is 20.3. The average Bonchev–Trinajstić information content (AvgIpc) is 3.20. The lowest BCUT2D eigenvalue weighted by molar-refractivity contribution is 0.0690. The zero-order valence-corrected chi connectivity index (χ0v) is 21.1. The predicted molar refractivity (Wildman–Crippen MR) is 137 cm³/mol. The van der Waals surface area contributed by atoms with E-state index in [1.807, 2.05) is 73.6 Å². The van der Waals surface area contributed by atoms with Crippen LogP contribution >= 0.6 is 0 Å². The highest BCUT2D eigenvalue weighted by molar-refractivity contribution is 7.84. The number of nitrogens with zero attached hydrogens (tertiary/aromatic N) is 2. The summed E-state index contributed by atoms with van der Waals surface area (Å²) in [7, 11) is 0.263. The van der Waals surface area contributed by atoms with E-state index in [0.717, 1.165) is 33.6 Å². The standard InChI is InChI=1S/C27H30N2O5S/c1-27(2,3)35(33)29-16-20-15-22(26(31)32)28-25(24(20)23(29)11-12-30)19-9-5-7-17(13-19)18-8-6-10-21(14-18)34-4/h5-10,13-15,23,30H,11-12,16H2,1-4H3,(H,31,32)/t23-,35-/m1/s1. The molecule has 2 heterocycles. The molecule has 2 atom stereocenters. The van der Waals surface area contributed by atoms with Gasteiger partial charge in [0.2, 0.25) is 0 Å². The number of ether oxygens (including phenoxy) is 1. The Morgan fingerprint density at radius 1 is 1.11 bits per heavy atom. The number of rotatable bonds is 7. The number of carboxylic acid groups (broad SMARTS) is 1. The van der Waals surface area contributed by atoms with Crippen molar-refractivity contribution in [2.45, 2.75) is 44.5 Å². The number of benzene rings is 2. The quantitative estimate of drug-likeness (QED) is 0.488. The van der Waals surface area contributed by atoms with E-state index in [0.29, 0.717) is 18.7 Å². The van der Waals surface area contributed by atoms with Gasteiger partial charge in [-0.1, -0.05) is 30.3 Å². The highest BCUT2D eigenvalue weighted by atomic mass is 32.2. The number of aliphatic hydroxyl groups is 1. The second kappa shape index (κ2) is 9.89. The Morgan fingerprint density at radius 3 is 2.40 bits per heavy atom. The molecule has 8 heteroatoms. The van der Waals surface area contributed by atoms with Gasteiger partial charge >= 0.3 is 5.97 Å². The fraction of sp³-hybridized carbons (Fsp3) is 0.333. The van der Waals surface area contributed by atoms with Crippen LogP contribution < -0.4 is 4.74 Å². The highest BCUT2D eigenvalue weighted by Gasteiger charge is 2.40. The van der Waals surface area contributed by atoms with Crippen molar-refractivity contribution < 1.29 is 24.0 Å². The molecule has 0 spiro atoms. The maximum absolute atomic E-state index is 13.4. The number of fused-ring (bicyclic) bond motifs is 1. The second-order valence-electron chi connectivity index (χ2n) is 9.51. The number of pyridine rings is 1. The monoisotopic (exact) mass is 494 g/mol. The van der Waals surface area contributed by atoms with E-state index in [4.69, 9.17) is 4.74 Å². The zero-order chi connectivity index (χ0) is 25.3. The molecule has 1 aromatic heterocycles. The fourth-order valence-corrected chi connectivity index (χ4v) is 5.85. The van der Waals surface area contributed by atoms with Crippen LogP contribution in [0.2, 0.25) is 0 Å². The van der Waals surface area contributed by atoms with E-state index >= 15 is 0 Å². The third kappa shape index (κ3) is 5.00. The number of aliphatic hydroxyl groups excluding tert-OH is 1. The topological polar surface area (TPSA) is 100.0 Å². The molecule has 0 radical (unpaired) electrons. The number of aromatic carboxylic acids is 1. The first-order chi connectivity index (χ1) is 16.6. The Kier molecular flexibility index (Phi) is 7.07. The molecule has 35 heavy (non-hydrogen) atoms. The van der Waals surface area contributed by atoms with Gasteiger partial charge in [0.05, 0.1) is 23.6 Å². The van der Waals surface area contributed by atoms with Crippen molar-refractivity contribution >= 4 is 17.0 Å². The molecular formula is C27H30N2O5S. The van der Waals surface area contributed by atoms with Crippen molar-refractivity contribution in [1.82, 2.24) is 9.29 Å². The first-order valence-corrected chi connectivity index (χ1v) is 12.6. The maximum Gasteiger partial charge on any atom is 0.354 e. The number of hydrogen-bond donors (Lipinski definition) is 2. The smallest absolute Gasteiger partial charge is 0.354 e. The number of carboxylic acids is 1. The molecule has 0 aliphatic carbocycles. The molecule has 0 saturated carbocycles. The van der Waals surface area contributed by atoms with Gasteiger partial charge in [-0.25, -0.2) is 18.3 Å². The largest absolute Gasteiger partial charge is 0.497 e. The summed E-state index contributed by atoms with van der Waals surface area (Å²) >= 11 is 0. The molecule has 0 bridgehead atoms. The van der Waals surface area contributed by atoms with Crippen molar-refractivity contribution in [2.75, 3.05) is 13.7 Å². The Labute approximate surface area is 208 Å². The highest BCUT2D eigenvalue weighted by Crippen LogP contribution is 2.44. The van der Waals surface area contributed by atoms with Crippen LogP contribution in [0.15, 0.2) is 54.6 Å². The van der Waals surface area contributed by atoms with Crippen molar-refractivity contribution in [3.05, 3.63) is 71.4 Å². The minimum Gasteiger partial charge on any atom is -0.497 e. The minimum absolute atomic E-state index is 0.0586. The van der Waals surface area contributed by atoms with E-state index in [-0.39, 0.29) is 18.3 Å².